The Kier molecular flexibility index (Phi) is 7.44. The van der Waals surface area contributed by atoms with Gasteiger partial charge < -0.3 is 4.90 Å². The molecule has 0 amide bonds. The Morgan fingerprint density at radius 3 is 2.25 bits per heavy atom. The van der Waals surface area contributed by atoms with Gasteiger partial charge in [0, 0.05) is 48.6 Å². The third kappa shape index (κ3) is 5.50. The van der Waals surface area contributed by atoms with Gasteiger partial charge in [0.1, 0.15) is 0 Å². The molecular weight excluding hydrogens is 362 g/mol. The summed E-state index contributed by atoms with van der Waals surface area (Å²) in [5.41, 5.74) is 4.85. The molecule has 28 heavy (non-hydrogen) atoms. The van der Waals surface area contributed by atoms with E-state index in [1.165, 1.54) is 30.5 Å². The first kappa shape index (κ1) is 20.8. The fraction of sp³-hybridized carbons (Fsp3) is 0.316. The second kappa shape index (κ2) is 10.0. The molecule has 0 fully saturated rings. The number of hydrazone groups is 1. The van der Waals surface area contributed by atoms with Gasteiger partial charge in [-0.05, 0) is 31.5 Å². The number of nitro groups is 2. The lowest BCUT2D eigenvalue weighted by Gasteiger charge is -2.24. The Balaban J connectivity index is 2.25. The summed E-state index contributed by atoms with van der Waals surface area (Å²) in [7, 11) is 0. The van der Waals surface area contributed by atoms with E-state index in [0.717, 1.165) is 31.6 Å². The maximum atomic E-state index is 11.1. The van der Waals surface area contributed by atoms with E-state index in [2.05, 4.69) is 22.4 Å². The Bertz CT molecular complexity index is 852. The summed E-state index contributed by atoms with van der Waals surface area (Å²) in [6, 6.07) is 10.6. The average Bonchev–Trinajstić information content (AvgIpc) is 2.69. The van der Waals surface area contributed by atoms with Crippen molar-refractivity contribution in [3.8, 4) is 0 Å². The Hall–Kier alpha value is -3.49. The van der Waals surface area contributed by atoms with Crippen LogP contribution in [0.25, 0.3) is 0 Å². The SMILES string of the molecule is CCCCN(CC)c1ccc([N+](=O)[O-])cc1/C=N/Nc1ccc([N+](=O)[O-])cc1. The number of benzene rings is 2. The van der Waals surface area contributed by atoms with E-state index in [-0.39, 0.29) is 11.4 Å². The number of anilines is 2. The number of non-ortho nitro benzene ring substituents is 2. The number of nitro benzene ring substituents is 2. The molecule has 0 radical (unpaired) electrons. The molecule has 148 valence electrons. The Labute approximate surface area is 163 Å². The minimum atomic E-state index is -0.474. The van der Waals surface area contributed by atoms with E-state index in [9.17, 15) is 20.2 Å². The summed E-state index contributed by atoms with van der Waals surface area (Å²) >= 11 is 0. The molecule has 0 aromatic heterocycles. The van der Waals surface area contributed by atoms with Crippen LogP contribution >= 0.6 is 0 Å². The highest BCUT2D eigenvalue weighted by atomic mass is 16.6. The van der Waals surface area contributed by atoms with Gasteiger partial charge >= 0.3 is 0 Å². The van der Waals surface area contributed by atoms with Gasteiger partial charge in [0.05, 0.1) is 21.7 Å². The van der Waals surface area contributed by atoms with Crippen LogP contribution in [0.5, 0.6) is 0 Å². The topological polar surface area (TPSA) is 114 Å². The van der Waals surface area contributed by atoms with Gasteiger partial charge in [0.15, 0.2) is 0 Å². The Morgan fingerprint density at radius 2 is 1.68 bits per heavy atom. The average molecular weight is 385 g/mol. The highest BCUT2D eigenvalue weighted by Crippen LogP contribution is 2.25. The van der Waals surface area contributed by atoms with Crippen molar-refractivity contribution < 1.29 is 9.85 Å². The number of nitrogens with one attached hydrogen (secondary N) is 1. The lowest BCUT2D eigenvalue weighted by atomic mass is 10.1. The molecule has 0 saturated carbocycles. The summed E-state index contributed by atoms with van der Waals surface area (Å²) in [4.78, 5) is 23.1. The molecule has 0 heterocycles. The number of unbranched alkanes of at least 4 members (excludes halogenated alkanes) is 1. The van der Waals surface area contributed by atoms with Gasteiger partial charge in [-0.3, -0.25) is 25.7 Å². The molecule has 2 aromatic carbocycles. The fourth-order valence-corrected chi connectivity index (χ4v) is 2.68. The standard InChI is InChI=1S/C19H23N5O4/c1-3-5-12-22(4-2)19-11-10-18(24(27)28)13-15(19)14-20-21-16-6-8-17(9-7-16)23(25)26/h6-11,13-14,21H,3-5,12H2,1-2H3/b20-14+. The zero-order chi connectivity index (χ0) is 20.5. The van der Waals surface area contributed by atoms with Gasteiger partial charge in [-0.15, -0.1) is 0 Å². The highest BCUT2D eigenvalue weighted by Gasteiger charge is 2.14. The number of hydrogen-bond acceptors (Lipinski definition) is 7. The number of rotatable bonds is 10. The Morgan fingerprint density at radius 1 is 1.04 bits per heavy atom. The summed E-state index contributed by atoms with van der Waals surface area (Å²) in [6.07, 6.45) is 3.59. The number of hydrogen-bond donors (Lipinski definition) is 1. The molecule has 0 aliphatic heterocycles. The van der Waals surface area contributed by atoms with E-state index >= 15 is 0 Å². The van der Waals surface area contributed by atoms with Gasteiger partial charge in [-0.1, -0.05) is 13.3 Å². The van der Waals surface area contributed by atoms with Crippen molar-refractivity contribution in [1.82, 2.24) is 0 Å². The van der Waals surface area contributed by atoms with Gasteiger partial charge in [0.2, 0.25) is 0 Å². The third-order valence-electron chi connectivity index (χ3n) is 4.20. The van der Waals surface area contributed by atoms with Gasteiger partial charge in [0.25, 0.3) is 11.4 Å². The van der Waals surface area contributed by atoms with Crippen LogP contribution < -0.4 is 10.3 Å². The highest BCUT2D eigenvalue weighted by molar-refractivity contribution is 5.89. The van der Waals surface area contributed by atoms with Crippen LogP contribution in [0.4, 0.5) is 22.7 Å². The predicted octanol–water partition coefficient (Wildman–Crippen LogP) is 4.58. The largest absolute Gasteiger partial charge is 0.371 e. The molecular formula is C19H23N5O4. The minimum Gasteiger partial charge on any atom is -0.371 e. The van der Waals surface area contributed by atoms with Crippen molar-refractivity contribution in [3.05, 3.63) is 68.3 Å². The zero-order valence-electron chi connectivity index (χ0n) is 15.9. The van der Waals surface area contributed by atoms with Crippen LogP contribution in [0.1, 0.15) is 32.3 Å². The quantitative estimate of drug-likeness (QED) is 0.364. The molecule has 1 N–H and O–H groups in total. The summed E-state index contributed by atoms with van der Waals surface area (Å²) < 4.78 is 0. The van der Waals surface area contributed by atoms with Crippen LogP contribution in [0, 0.1) is 20.2 Å². The van der Waals surface area contributed by atoms with E-state index in [0.29, 0.717) is 11.3 Å². The zero-order valence-corrected chi connectivity index (χ0v) is 15.9. The predicted molar refractivity (Wildman–Crippen MR) is 110 cm³/mol. The molecule has 0 aliphatic carbocycles. The fourth-order valence-electron chi connectivity index (χ4n) is 2.68. The molecule has 0 spiro atoms. The van der Waals surface area contributed by atoms with Gasteiger partial charge in [-0.25, -0.2) is 0 Å². The van der Waals surface area contributed by atoms with Crippen LogP contribution in [-0.4, -0.2) is 29.2 Å². The van der Waals surface area contributed by atoms with Crippen molar-refractivity contribution in [1.29, 1.82) is 0 Å². The minimum absolute atomic E-state index is 0.00733. The second-order valence-electron chi connectivity index (χ2n) is 6.11. The van der Waals surface area contributed by atoms with Crippen LogP contribution in [0.2, 0.25) is 0 Å². The molecule has 2 aromatic rings. The van der Waals surface area contributed by atoms with Crippen molar-refractivity contribution >= 4 is 29.0 Å². The normalized spacial score (nSPS) is 10.8. The van der Waals surface area contributed by atoms with Crippen molar-refractivity contribution in [2.75, 3.05) is 23.4 Å². The molecule has 0 aliphatic rings. The molecule has 0 atom stereocenters. The third-order valence-corrected chi connectivity index (χ3v) is 4.20. The summed E-state index contributed by atoms with van der Waals surface area (Å²) in [5, 5.41) is 26.0. The molecule has 0 unspecified atom stereocenters. The monoisotopic (exact) mass is 385 g/mol. The van der Waals surface area contributed by atoms with Crippen LogP contribution in [0.3, 0.4) is 0 Å². The first-order chi connectivity index (χ1) is 13.5. The lowest BCUT2D eigenvalue weighted by Crippen LogP contribution is -2.25. The van der Waals surface area contributed by atoms with Crippen LogP contribution in [0.15, 0.2) is 47.6 Å². The van der Waals surface area contributed by atoms with Crippen molar-refractivity contribution in [2.24, 2.45) is 5.10 Å². The summed E-state index contributed by atoms with van der Waals surface area (Å²) in [5.74, 6) is 0. The maximum absolute atomic E-state index is 11.1. The first-order valence-electron chi connectivity index (χ1n) is 9.03. The second-order valence-corrected chi connectivity index (χ2v) is 6.11. The molecule has 2 rings (SSSR count). The molecule has 9 nitrogen and oxygen atoms in total. The first-order valence-corrected chi connectivity index (χ1v) is 9.03. The van der Waals surface area contributed by atoms with E-state index in [4.69, 9.17) is 0 Å². The van der Waals surface area contributed by atoms with E-state index in [1.54, 1.807) is 18.2 Å². The molecule has 0 saturated heterocycles. The summed E-state index contributed by atoms with van der Waals surface area (Å²) in [6.45, 7) is 5.77. The molecule has 9 heteroatoms. The number of nitrogens with zero attached hydrogens (tertiary/aromatic N) is 4. The molecule has 0 bridgehead atoms. The van der Waals surface area contributed by atoms with E-state index in [1.807, 2.05) is 6.92 Å². The smallest absolute Gasteiger partial charge is 0.270 e. The van der Waals surface area contributed by atoms with E-state index < -0.39 is 9.85 Å². The van der Waals surface area contributed by atoms with Crippen LogP contribution in [-0.2, 0) is 0 Å². The lowest BCUT2D eigenvalue weighted by molar-refractivity contribution is -0.385. The van der Waals surface area contributed by atoms with Gasteiger partial charge in [-0.2, -0.15) is 5.10 Å². The van der Waals surface area contributed by atoms with Crippen molar-refractivity contribution in [2.45, 2.75) is 26.7 Å². The van der Waals surface area contributed by atoms with Crippen molar-refractivity contribution in [3.63, 3.8) is 0 Å². The maximum Gasteiger partial charge on any atom is 0.270 e.